The smallest absolute Gasteiger partial charge is 0.268 e. The summed E-state index contributed by atoms with van der Waals surface area (Å²) >= 11 is 3.79. The van der Waals surface area contributed by atoms with Gasteiger partial charge in [0.2, 0.25) is 0 Å². The van der Waals surface area contributed by atoms with E-state index in [1.807, 2.05) is 22.7 Å². The SMILES string of the molecule is Cc1cc(C)c(N2c3cc4c(cc3B3c5cc6c(cc5Oc5cc(C)cc2c53)N(c2c(C)cc(C)cc2C)c2cc(C)cc3c2B6c2sc5ccc(C(C)(C)C)cc5c2O3)B2c3sc5ccc(C(C)(C)C)cc5c3Oc3cc(C)cc(c32)N4c2ccc(C(C)(C)C)cc2)c(C)c1. The van der Waals surface area contributed by atoms with Crippen LogP contribution in [-0.4, -0.2) is 20.1 Å². The average Bonchev–Trinajstić information content (AvgIpc) is 0.949. The van der Waals surface area contributed by atoms with Gasteiger partial charge in [-0.2, -0.15) is 0 Å². The molecule has 8 heterocycles. The van der Waals surface area contributed by atoms with E-state index in [4.69, 9.17) is 14.2 Å². The predicted octanol–water partition coefficient (Wildman–Crippen LogP) is 18.0. The van der Waals surface area contributed by atoms with Crippen molar-refractivity contribution in [3.05, 3.63) is 212 Å². The number of hydrogen-bond donors (Lipinski definition) is 0. The highest BCUT2D eigenvalue weighted by Gasteiger charge is 2.51. The topological polar surface area (TPSA) is 37.4 Å². The van der Waals surface area contributed by atoms with Crippen molar-refractivity contribution in [3.8, 4) is 34.5 Å². The summed E-state index contributed by atoms with van der Waals surface area (Å²) in [7, 11) is 0. The van der Waals surface area contributed by atoms with Crippen LogP contribution in [0.25, 0.3) is 20.2 Å². The fraction of sp³-hybridized carbons (Fsp3) is 0.247. The van der Waals surface area contributed by atoms with Gasteiger partial charge in [-0.3, -0.25) is 0 Å². The Labute approximate surface area is 574 Å². The Hall–Kier alpha value is -8.89. The lowest BCUT2D eigenvalue weighted by atomic mass is 9.30. The van der Waals surface area contributed by atoms with Crippen molar-refractivity contribution in [2.75, 3.05) is 14.7 Å². The molecule has 18 rings (SSSR count). The largest absolute Gasteiger partial charge is 0.458 e. The molecule has 11 heteroatoms. The molecule has 0 aliphatic carbocycles. The van der Waals surface area contributed by atoms with Crippen LogP contribution in [0, 0.1) is 62.3 Å². The minimum absolute atomic E-state index is 0.0280. The van der Waals surface area contributed by atoms with Gasteiger partial charge < -0.3 is 28.9 Å². The van der Waals surface area contributed by atoms with Crippen LogP contribution in [0.3, 0.4) is 0 Å². The molecule has 6 nitrogen and oxygen atoms in total. The van der Waals surface area contributed by atoms with E-state index in [2.05, 4.69) is 285 Å². The van der Waals surface area contributed by atoms with Crippen molar-refractivity contribution < 1.29 is 14.2 Å². The van der Waals surface area contributed by atoms with Gasteiger partial charge >= 0.3 is 0 Å². The molecule has 472 valence electrons. The molecule has 0 amide bonds. The van der Waals surface area contributed by atoms with Crippen molar-refractivity contribution in [3.63, 3.8) is 0 Å². The third-order valence-corrected chi connectivity index (χ3v) is 24.1. The van der Waals surface area contributed by atoms with E-state index in [1.54, 1.807) is 0 Å². The van der Waals surface area contributed by atoms with Crippen molar-refractivity contribution >= 4 is 162 Å². The molecule has 0 saturated carbocycles. The lowest BCUT2D eigenvalue weighted by molar-refractivity contribution is 0.487. The average molecular weight is 1290 g/mol. The van der Waals surface area contributed by atoms with E-state index in [0.717, 1.165) is 90.8 Å². The summed E-state index contributed by atoms with van der Waals surface area (Å²) in [6.07, 6.45) is 0. The number of benzene rings is 10. The molecule has 6 aliphatic rings. The summed E-state index contributed by atoms with van der Waals surface area (Å²) in [6, 6.07) is 57.4. The molecule has 0 unspecified atom stereocenters. The summed E-state index contributed by atoms with van der Waals surface area (Å²) in [5.41, 5.74) is 33.6. The first kappa shape index (κ1) is 59.6. The summed E-state index contributed by atoms with van der Waals surface area (Å²) in [4.78, 5) is 7.76. The Balaban J connectivity index is 0.959. The standard InChI is InChI=1S/C85H78B3N3O3S2/c1-43-27-48(6)77(49(7)28-43)90-63-41-62-59(87-75-65(89(62)55-23-19-52(20-24-55)83(10,11)12)31-45(3)35-70(75)93-79-56-37-53(84(13,14)15)21-25-72(56)95-81(79)87)39-58(63)86-61-40-60-64(42-68(61)92-69-34-46(4)32-66(90)74(69)86)91(78-50(8)29-44(2)30-51(78)9)67-33-47(5)36-71-76(67)88(60)82-80(94-71)57-38-54(85(16,17)18)22-26-73(57)96-82/h19-42H,1-18H3. The molecule has 2 aromatic heterocycles. The van der Waals surface area contributed by atoms with Gasteiger partial charge in [0.15, 0.2) is 0 Å². The van der Waals surface area contributed by atoms with Crippen LogP contribution in [0.2, 0.25) is 0 Å². The molecule has 6 aliphatic heterocycles. The summed E-state index contributed by atoms with van der Waals surface area (Å²) in [5.74, 6) is 5.57. The van der Waals surface area contributed by atoms with E-state index in [9.17, 15) is 0 Å². The van der Waals surface area contributed by atoms with Gasteiger partial charge in [-0.05, 0) is 251 Å². The Morgan fingerprint density at radius 1 is 0.312 bits per heavy atom. The summed E-state index contributed by atoms with van der Waals surface area (Å²) in [5, 5.41) is 2.36. The van der Waals surface area contributed by atoms with Crippen LogP contribution in [-0.2, 0) is 16.2 Å². The van der Waals surface area contributed by atoms with Crippen molar-refractivity contribution in [1.29, 1.82) is 0 Å². The quantitative estimate of drug-likeness (QED) is 0.164. The fourth-order valence-electron chi connectivity index (χ4n) is 17.4. The zero-order chi connectivity index (χ0) is 66.6. The molecule has 12 aromatic rings. The van der Waals surface area contributed by atoms with Gasteiger partial charge in [0.25, 0.3) is 20.1 Å². The molecule has 0 radical (unpaired) electrons. The first-order valence-electron chi connectivity index (χ1n) is 34.3. The number of hydrogen-bond acceptors (Lipinski definition) is 8. The minimum Gasteiger partial charge on any atom is -0.458 e. The monoisotopic (exact) mass is 1290 g/mol. The number of anilines is 9. The highest BCUT2D eigenvalue weighted by molar-refractivity contribution is 7.34. The Morgan fingerprint density at radius 3 is 1.12 bits per heavy atom. The molecule has 10 aromatic carbocycles. The van der Waals surface area contributed by atoms with E-state index in [0.29, 0.717) is 0 Å². The first-order valence-corrected chi connectivity index (χ1v) is 35.9. The zero-order valence-corrected chi connectivity index (χ0v) is 60.1. The maximum Gasteiger partial charge on any atom is 0.268 e. The molecule has 0 N–H and O–H groups in total. The number of nitrogens with zero attached hydrogens (tertiary/aromatic N) is 3. The second kappa shape index (κ2) is 20.1. The van der Waals surface area contributed by atoms with Crippen molar-refractivity contribution in [2.24, 2.45) is 0 Å². The van der Waals surface area contributed by atoms with Gasteiger partial charge in [0.1, 0.15) is 34.5 Å². The zero-order valence-electron chi connectivity index (χ0n) is 58.5. The molecule has 0 atom stereocenters. The maximum absolute atomic E-state index is 7.76. The second-order valence-electron chi connectivity index (χ2n) is 31.9. The Kier molecular flexibility index (Phi) is 12.5. The van der Waals surface area contributed by atoms with Gasteiger partial charge in [0, 0.05) is 75.6 Å². The van der Waals surface area contributed by atoms with Gasteiger partial charge in [-0.1, -0.05) is 134 Å². The van der Waals surface area contributed by atoms with Crippen LogP contribution >= 0.6 is 22.7 Å². The van der Waals surface area contributed by atoms with E-state index < -0.39 is 0 Å². The van der Waals surface area contributed by atoms with Crippen LogP contribution < -0.4 is 76.7 Å². The first-order chi connectivity index (χ1) is 45.6. The molecule has 0 saturated heterocycles. The van der Waals surface area contributed by atoms with Crippen LogP contribution in [0.15, 0.2) is 146 Å². The van der Waals surface area contributed by atoms with Gasteiger partial charge in [-0.15, -0.1) is 22.7 Å². The number of aryl methyl sites for hydroxylation is 9. The molecule has 0 spiro atoms. The maximum atomic E-state index is 7.76. The van der Waals surface area contributed by atoms with E-state index in [-0.39, 0.29) is 36.4 Å². The van der Waals surface area contributed by atoms with Crippen LogP contribution in [0.4, 0.5) is 51.2 Å². The molecular weight excluding hydrogens is 1210 g/mol. The van der Waals surface area contributed by atoms with Crippen LogP contribution in [0.1, 0.15) is 129 Å². The fourth-order valence-corrected chi connectivity index (χ4v) is 19.9. The lowest BCUT2D eigenvalue weighted by Crippen LogP contribution is -2.65. The normalized spacial score (nSPS) is 14.5. The number of rotatable bonds is 3. The van der Waals surface area contributed by atoms with Crippen molar-refractivity contribution in [1.82, 2.24) is 0 Å². The van der Waals surface area contributed by atoms with Gasteiger partial charge in [-0.25, -0.2) is 0 Å². The summed E-state index contributed by atoms with van der Waals surface area (Å²) in [6.45, 7) is 40.6. The van der Waals surface area contributed by atoms with Gasteiger partial charge in [0.05, 0.1) is 11.4 Å². The highest BCUT2D eigenvalue weighted by atomic mass is 32.1. The summed E-state index contributed by atoms with van der Waals surface area (Å²) < 4.78 is 27.6. The number of thiophene rings is 2. The minimum atomic E-state index is -0.243. The van der Waals surface area contributed by atoms with Crippen molar-refractivity contribution in [2.45, 2.75) is 141 Å². The molecule has 0 bridgehead atoms. The lowest BCUT2D eigenvalue weighted by Gasteiger charge is -2.45. The van der Waals surface area contributed by atoms with E-state index >= 15 is 0 Å². The Morgan fingerprint density at radius 2 is 0.677 bits per heavy atom. The second-order valence-corrected chi connectivity index (χ2v) is 34.1. The van der Waals surface area contributed by atoms with Crippen LogP contribution in [0.5, 0.6) is 34.5 Å². The number of fused-ring (bicyclic) bond motifs is 16. The molecular formula is C85H78B3N3O3S2. The Bertz CT molecular complexity index is 5460. The number of ether oxygens (including phenoxy) is 3. The van der Waals surface area contributed by atoms with E-state index in [1.165, 1.54) is 130 Å². The highest BCUT2D eigenvalue weighted by Crippen LogP contribution is 2.53. The third kappa shape index (κ3) is 8.57. The molecule has 96 heavy (non-hydrogen) atoms. The molecule has 0 fully saturated rings. The predicted molar refractivity (Wildman–Crippen MR) is 414 cm³/mol. The third-order valence-electron chi connectivity index (χ3n) is 21.6.